The summed E-state index contributed by atoms with van der Waals surface area (Å²) in [6.07, 6.45) is 7.93. The van der Waals surface area contributed by atoms with Gasteiger partial charge < -0.3 is 9.80 Å². The van der Waals surface area contributed by atoms with Crippen LogP contribution in [-0.4, -0.2) is 6.71 Å². The molecule has 1 aromatic heterocycles. The zero-order valence-electron chi connectivity index (χ0n) is 41.9. The molecule has 66 heavy (non-hydrogen) atoms. The van der Waals surface area contributed by atoms with Crippen LogP contribution in [0.5, 0.6) is 0 Å². The number of hydrogen-bond acceptors (Lipinski definition) is 3. The molecule has 7 aromatic rings. The highest BCUT2D eigenvalue weighted by Gasteiger charge is 2.50. The molecule has 3 aliphatic carbocycles. The van der Waals surface area contributed by atoms with Gasteiger partial charge in [0, 0.05) is 48.6 Å². The first-order chi connectivity index (χ1) is 31.0. The minimum absolute atomic E-state index is 0.0344. The van der Waals surface area contributed by atoms with Gasteiger partial charge in [-0.2, -0.15) is 0 Å². The van der Waals surface area contributed by atoms with Gasteiger partial charge in [-0.3, -0.25) is 0 Å². The molecule has 0 N–H and O–H groups in total. The summed E-state index contributed by atoms with van der Waals surface area (Å²) in [5, 5.41) is 2.66. The van der Waals surface area contributed by atoms with E-state index < -0.39 is 0 Å². The smallest absolute Gasteiger partial charge is 0.252 e. The Balaban J connectivity index is 1.26. The minimum atomic E-state index is 0.0344. The van der Waals surface area contributed by atoms with Crippen LogP contribution in [0.4, 0.5) is 34.1 Å². The van der Waals surface area contributed by atoms with Crippen molar-refractivity contribution in [2.24, 2.45) is 0 Å². The van der Waals surface area contributed by atoms with Crippen molar-refractivity contribution < 1.29 is 0 Å². The molecule has 12 rings (SSSR count). The topological polar surface area (TPSA) is 6.48 Å². The summed E-state index contributed by atoms with van der Waals surface area (Å²) >= 11 is 1.91. The van der Waals surface area contributed by atoms with E-state index in [0.29, 0.717) is 0 Å². The molecule has 0 saturated heterocycles. The van der Waals surface area contributed by atoms with Crippen molar-refractivity contribution in [3.8, 4) is 0 Å². The lowest BCUT2D eigenvalue weighted by Crippen LogP contribution is -2.62. The van der Waals surface area contributed by atoms with Crippen LogP contribution in [0.2, 0.25) is 0 Å². The van der Waals surface area contributed by atoms with E-state index in [4.69, 9.17) is 0 Å². The molecule has 0 radical (unpaired) electrons. The first-order valence-corrected chi connectivity index (χ1v) is 25.7. The van der Waals surface area contributed by atoms with Gasteiger partial charge in [-0.1, -0.05) is 138 Å². The van der Waals surface area contributed by atoms with E-state index in [9.17, 15) is 0 Å². The zero-order chi connectivity index (χ0) is 46.4. The van der Waals surface area contributed by atoms with Crippen LogP contribution in [0.3, 0.4) is 0 Å². The molecule has 2 aliphatic heterocycles. The maximum atomic E-state index is 4.51. The monoisotopic (exact) mass is 883 g/mol. The molecule has 334 valence electrons. The highest BCUT2D eigenvalue weighted by Crippen LogP contribution is 2.56. The van der Waals surface area contributed by atoms with Crippen molar-refractivity contribution in [1.82, 2.24) is 0 Å². The van der Waals surface area contributed by atoms with Crippen LogP contribution in [0.1, 0.15) is 160 Å². The van der Waals surface area contributed by atoms with Gasteiger partial charge in [-0.15, -0.1) is 11.3 Å². The Labute approximate surface area is 399 Å². The van der Waals surface area contributed by atoms with Gasteiger partial charge in [-0.05, 0) is 181 Å². The van der Waals surface area contributed by atoms with Gasteiger partial charge in [0.2, 0.25) is 0 Å². The van der Waals surface area contributed by atoms with Crippen molar-refractivity contribution in [2.75, 3.05) is 9.80 Å². The number of hydrogen-bond donors (Lipinski definition) is 0. The molecule has 5 aliphatic rings. The SMILES string of the molecule is C=Cc1cc2c3c(c1)N(c1cccc4sc5ccccc5c14)c1cc4c(cc1B3c1cc3c(cc1N2c1cc2c(cc1C)C(C)(C)CC2(C)C)C(C)(C)CCC3(C)C)C(C)(C)CCC4(C)C. The Morgan fingerprint density at radius 3 is 1.48 bits per heavy atom. The van der Waals surface area contributed by atoms with E-state index in [1.54, 1.807) is 0 Å². The molecule has 0 saturated carbocycles. The lowest BCUT2D eigenvalue weighted by atomic mass is 9.32. The molecular formula is C62H67BN2S. The van der Waals surface area contributed by atoms with Gasteiger partial charge in [-0.25, -0.2) is 0 Å². The fourth-order valence-electron chi connectivity index (χ4n) is 14.1. The predicted octanol–water partition coefficient (Wildman–Crippen LogP) is 15.7. The van der Waals surface area contributed by atoms with Gasteiger partial charge in [0.25, 0.3) is 6.71 Å². The second kappa shape index (κ2) is 13.3. The maximum Gasteiger partial charge on any atom is 0.252 e. The van der Waals surface area contributed by atoms with Gasteiger partial charge in [0.05, 0.1) is 5.69 Å². The Kier molecular flexibility index (Phi) is 8.55. The number of nitrogens with zero attached hydrogens (tertiary/aromatic N) is 2. The van der Waals surface area contributed by atoms with Gasteiger partial charge >= 0.3 is 0 Å². The van der Waals surface area contributed by atoms with E-state index in [-0.39, 0.29) is 39.2 Å². The van der Waals surface area contributed by atoms with E-state index in [2.05, 4.69) is 203 Å². The summed E-state index contributed by atoms with van der Waals surface area (Å²) < 4.78 is 2.66. The fourth-order valence-corrected chi connectivity index (χ4v) is 15.2. The minimum Gasteiger partial charge on any atom is -0.311 e. The van der Waals surface area contributed by atoms with Crippen LogP contribution < -0.4 is 26.2 Å². The van der Waals surface area contributed by atoms with Crippen LogP contribution >= 0.6 is 11.3 Å². The molecule has 2 nitrogen and oxygen atoms in total. The number of fused-ring (bicyclic) bond motifs is 10. The van der Waals surface area contributed by atoms with Crippen LogP contribution in [0, 0.1) is 6.92 Å². The Morgan fingerprint density at radius 1 is 0.485 bits per heavy atom. The Hall–Kier alpha value is -5.06. The number of thiophene rings is 1. The molecule has 3 heterocycles. The molecule has 0 spiro atoms. The Morgan fingerprint density at radius 2 is 0.939 bits per heavy atom. The average Bonchev–Trinajstić information content (AvgIpc) is 3.73. The average molecular weight is 883 g/mol. The third kappa shape index (κ3) is 5.72. The van der Waals surface area contributed by atoms with E-state index in [1.807, 2.05) is 11.3 Å². The quantitative estimate of drug-likeness (QED) is 0.163. The highest BCUT2D eigenvalue weighted by molar-refractivity contribution is 7.26. The number of benzene rings is 6. The second-order valence-corrected chi connectivity index (χ2v) is 26.2. The van der Waals surface area contributed by atoms with Crippen molar-refractivity contribution in [3.05, 3.63) is 142 Å². The summed E-state index contributed by atoms with van der Waals surface area (Å²) in [4.78, 5) is 5.43. The lowest BCUT2D eigenvalue weighted by Gasteiger charge is -2.49. The van der Waals surface area contributed by atoms with Gasteiger partial charge in [0.1, 0.15) is 0 Å². The molecule has 0 bridgehead atoms. The summed E-state index contributed by atoms with van der Waals surface area (Å²) in [6.45, 7) is 36.7. The van der Waals surface area contributed by atoms with Crippen LogP contribution in [-0.2, 0) is 32.5 Å². The van der Waals surface area contributed by atoms with Crippen molar-refractivity contribution in [2.45, 2.75) is 155 Å². The van der Waals surface area contributed by atoms with E-state index >= 15 is 0 Å². The first kappa shape index (κ1) is 42.3. The second-order valence-electron chi connectivity index (χ2n) is 25.1. The number of aryl methyl sites for hydroxylation is 1. The standard InChI is InChI=1S/C62H67BN2S/c1-15-37-28-51-56-52(29-37)65(48-32-44-39(27-36(48)2)61(11,12)35-62(44,13)14)50-34-43-41(58(5,6)24-26-60(43,9)10)31-46(50)63(56)45-30-40-42(59(7,8)25-23-57(40,3)4)33-49(45)64(51)47-20-18-22-54-55(47)38-19-16-17-21-53(38)66-54/h15-22,27-34H,1,23-26,35H2,2-14H3. The summed E-state index contributed by atoms with van der Waals surface area (Å²) in [7, 11) is 0. The van der Waals surface area contributed by atoms with E-state index in [1.165, 1.54) is 135 Å². The summed E-state index contributed by atoms with van der Waals surface area (Å²) in [5.41, 5.74) is 23.9. The largest absolute Gasteiger partial charge is 0.311 e. The molecule has 0 atom stereocenters. The normalized spacial score (nSPS) is 20.6. The van der Waals surface area contributed by atoms with Crippen molar-refractivity contribution in [1.29, 1.82) is 0 Å². The summed E-state index contributed by atoms with van der Waals surface area (Å²) in [5.74, 6) is 0. The molecule has 6 aromatic carbocycles. The highest BCUT2D eigenvalue weighted by atomic mass is 32.1. The van der Waals surface area contributed by atoms with E-state index in [0.717, 1.165) is 12.0 Å². The third-order valence-electron chi connectivity index (χ3n) is 17.8. The predicted molar refractivity (Wildman–Crippen MR) is 289 cm³/mol. The number of rotatable bonds is 3. The maximum absolute atomic E-state index is 4.51. The summed E-state index contributed by atoms with van der Waals surface area (Å²) in [6, 6.07) is 36.9. The molecule has 0 fully saturated rings. The lowest BCUT2D eigenvalue weighted by molar-refractivity contribution is 0.332. The van der Waals surface area contributed by atoms with Crippen molar-refractivity contribution in [3.63, 3.8) is 0 Å². The fraction of sp³-hybridized carbons (Fsp3) is 0.387. The Bertz CT molecular complexity index is 3300. The van der Waals surface area contributed by atoms with Crippen LogP contribution in [0.25, 0.3) is 26.2 Å². The molecule has 0 amide bonds. The molecular weight excluding hydrogens is 816 g/mol. The first-order valence-electron chi connectivity index (χ1n) is 24.9. The zero-order valence-corrected chi connectivity index (χ0v) is 42.7. The number of anilines is 6. The van der Waals surface area contributed by atoms with Crippen molar-refractivity contribution >= 4 is 94.8 Å². The van der Waals surface area contributed by atoms with Crippen LogP contribution in [0.15, 0.2) is 97.6 Å². The molecule has 4 heteroatoms. The van der Waals surface area contributed by atoms with Gasteiger partial charge in [0.15, 0.2) is 0 Å². The third-order valence-corrected chi connectivity index (χ3v) is 18.9. The molecule has 0 unspecified atom stereocenters.